The molecule has 0 aliphatic heterocycles. The Morgan fingerprint density at radius 2 is 2.24 bits per heavy atom. The van der Waals surface area contributed by atoms with Crippen LogP contribution in [0, 0.1) is 0 Å². The minimum Gasteiger partial charge on any atom is -0.272 e. The highest BCUT2D eigenvalue weighted by Gasteiger charge is 2.01. The number of hydrogen-bond acceptors (Lipinski definition) is 3. The first kappa shape index (κ1) is 14.1. The number of hydrazone groups is 1. The van der Waals surface area contributed by atoms with Crippen molar-refractivity contribution >= 4 is 35.0 Å². The molecule has 0 unspecified atom stereocenters. The van der Waals surface area contributed by atoms with Gasteiger partial charge in [-0.15, -0.1) is 11.8 Å². The Bertz CT molecular complexity index is 417. The van der Waals surface area contributed by atoms with Gasteiger partial charge in [0.2, 0.25) is 5.91 Å². The second kappa shape index (κ2) is 7.35. The van der Waals surface area contributed by atoms with Gasteiger partial charge < -0.3 is 0 Å². The van der Waals surface area contributed by atoms with Crippen LogP contribution in [-0.4, -0.2) is 17.4 Å². The lowest BCUT2D eigenvalue weighted by atomic mass is 10.2. The molecule has 0 radical (unpaired) electrons. The fourth-order valence-electron chi connectivity index (χ4n) is 1.09. The van der Waals surface area contributed by atoms with E-state index in [2.05, 4.69) is 10.5 Å². The van der Waals surface area contributed by atoms with Crippen molar-refractivity contribution < 1.29 is 4.79 Å². The Labute approximate surface area is 111 Å². The van der Waals surface area contributed by atoms with Crippen molar-refractivity contribution in [3.63, 3.8) is 0 Å². The number of carbonyl (C=O) groups excluding carboxylic acids is 1. The van der Waals surface area contributed by atoms with Crippen molar-refractivity contribution in [3.05, 3.63) is 34.9 Å². The summed E-state index contributed by atoms with van der Waals surface area (Å²) in [4.78, 5) is 11.3. The normalized spacial score (nSPS) is 9.82. The Kier molecular flexibility index (Phi) is 6.08. The third kappa shape index (κ3) is 6.34. The van der Waals surface area contributed by atoms with Crippen LogP contribution >= 0.6 is 23.4 Å². The number of benzene rings is 1. The van der Waals surface area contributed by atoms with Gasteiger partial charge in [-0.2, -0.15) is 5.10 Å². The zero-order chi connectivity index (χ0) is 12.7. The van der Waals surface area contributed by atoms with E-state index in [0.717, 1.165) is 22.1 Å². The summed E-state index contributed by atoms with van der Waals surface area (Å²) in [6.07, 6.45) is 0. The molecule has 0 spiro atoms. The molecule has 1 N–H and O–H groups in total. The first-order valence-electron chi connectivity index (χ1n) is 5.20. The number of thioether (sulfide) groups is 1. The molecule has 1 aromatic rings. The van der Waals surface area contributed by atoms with Crippen molar-refractivity contribution in [3.8, 4) is 0 Å². The molecule has 1 rings (SSSR count). The maximum absolute atomic E-state index is 11.3. The molecular weight excluding hydrogens is 256 g/mol. The third-order valence-electron chi connectivity index (χ3n) is 1.80. The fraction of sp³-hybridized carbons (Fsp3) is 0.333. The number of carbonyl (C=O) groups is 1. The Morgan fingerprint density at radius 3 is 2.88 bits per heavy atom. The Balaban J connectivity index is 2.28. The van der Waals surface area contributed by atoms with Crippen LogP contribution in [0.5, 0.6) is 0 Å². The van der Waals surface area contributed by atoms with Crippen LogP contribution in [0.2, 0.25) is 5.02 Å². The summed E-state index contributed by atoms with van der Waals surface area (Å²) >= 11 is 7.40. The summed E-state index contributed by atoms with van der Waals surface area (Å²) in [6, 6.07) is 7.64. The molecule has 0 aliphatic carbocycles. The van der Waals surface area contributed by atoms with Crippen LogP contribution in [-0.2, 0) is 10.5 Å². The maximum atomic E-state index is 11.3. The van der Waals surface area contributed by atoms with Gasteiger partial charge in [0.25, 0.3) is 0 Å². The van der Waals surface area contributed by atoms with E-state index < -0.39 is 0 Å². The van der Waals surface area contributed by atoms with Gasteiger partial charge in [0.1, 0.15) is 0 Å². The second-order valence-electron chi connectivity index (χ2n) is 3.72. The highest BCUT2D eigenvalue weighted by atomic mass is 35.5. The molecule has 1 aromatic carbocycles. The zero-order valence-corrected chi connectivity index (χ0v) is 11.4. The third-order valence-corrected chi connectivity index (χ3v) is 3.03. The molecule has 92 valence electrons. The van der Waals surface area contributed by atoms with Crippen molar-refractivity contribution in [2.75, 3.05) is 5.75 Å². The van der Waals surface area contributed by atoms with Crippen LogP contribution in [0.3, 0.4) is 0 Å². The van der Waals surface area contributed by atoms with Crippen molar-refractivity contribution in [1.29, 1.82) is 0 Å². The fourth-order valence-corrected chi connectivity index (χ4v) is 2.07. The smallest absolute Gasteiger partial charge is 0.250 e. The first-order chi connectivity index (χ1) is 8.08. The summed E-state index contributed by atoms with van der Waals surface area (Å²) in [6.45, 7) is 3.67. The van der Waals surface area contributed by atoms with E-state index in [0.29, 0.717) is 5.75 Å². The summed E-state index contributed by atoms with van der Waals surface area (Å²) in [5.74, 6) is 1.07. The van der Waals surface area contributed by atoms with Gasteiger partial charge in [-0.3, -0.25) is 4.79 Å². The van der Waals surface area contributed by atoms with Crippen LogP contribution in [0.1, 0.15) is 19.4 Å². The Morgan fingerprint density at radius 1 is 1.47 bits per heavy atom. The molecule has 0 aromatic heterocycles. The van der Waals surface area contributed by atoms with E-state index in [1.165, 1.54) is 11.8 Å². The lowest BCUT2D eigenvalue weighted by Gasteiger charge is -2.02. The molecule has 1 amide bonds. The first-order valence-corrected chi connectivity index (χ1v) is 6.73. The molecule has 0 bridgehead atoms. The lowest BCUT2D eigenvalue weighted by molar-refractivity contribution is -0.118. The summed E-state index contributed by atoms with van der Waals surface area (Å²) in [5, 5.41) is 4.57. The van der Waals surface area contributed by atoms with Crippen molar-refractivity contribution in [2.24, 2.45) is 5.10 Å². The van der Waals surface area contributed by atoms with E-state index in [9.17, 15) is 4.79 Å². The summed E-state index contributed by atoms with van der Waals surface area (Å²) in [7, 11) is 0. The maximum Gasteiger partial charge on any atom is 0.250 e. The minimum atomic E-state index is -0.0850. The second-order valence-corrected chi connectivity index (χ2v) is 5.14. The summed E-state index contributed by atoms with van der Waals surface area (Å²) < 4.78 is 0. The highest BCUT2D eigenvalue weighted by molar-refractivity contribution is 7.99. The van der Waals surface area contributed by atoms with Crippen LogP contribution in [0.4, 0.5) is 0 Å². The van der Waals surface area contributed by atoms with E-state index in [-0.39, 0.29) is 5.91 Å². The van der Waals surface area contributed by atoms with E-state index >= 15 is 0 Å². The van der Waals surface area contributed by atoms with Gasteiger partial charge in [0, 0.05) is 16.5 Å². The molecule has 0 saturated heterocycles. The van der Waals surface area contributed by atoms with Gasteiger partial charge in [0.05, 0.1) is 5.75 Å². The number of amides is 1. The molecule has 0 fully saturated rings. The van der Waals surface area contributed by atoms with Crippen LogP contribution in [0.25, 0.3) is 0 Å². The molecule has 5 heteroatoms. The largest absolute Gasteiger partial charge is 0.272 e. The number of nitrogens with one attached hydrogen (secondary N) is 1. The predicted molar refractivity (Wildman–Crippen MR) is 74.5 cm³/mol. The molecule has 0 saturated carbocycles. The topological polar surface area (TPSA) is 41.5 Å². The average Bonchev–Trinajstić information content (AvgIpc) is 2.26. The van der Waals surface area contributed by atoms with Gasteiger partial charge in [-0.25, -0.2) is 5.43 Å². The van der Waals surface area contributed by atoms with Crippen LogP contribution < -0.4 is 5.43 Å². The monoisotopic (exact) mass is 270 g/mol. The Hall–Kier alpha value is -1.00. The number of halogens is 1. The molecule has 0 atom stereocenters. The molecular formula is C12H15ClN2OS. The van der Waals surface area contributed by atoms with Crippen molar-refractivity contribution in [2.45, 2.75) is 19.6 Å². The van der Waals surface area contributed by atoms with Gasteiger partial charge in [-0.1, -0.05) is 23.7 Å². The zero-order valence-electron chi connectivity index (χ0n) is 9.87. The quantitative estimate of drug-likeness (QED) is 0.660. The molecule has 17 heavy (non-hydrogen) atoms. The van der Waals surface area contributed by atoms with Gasteiger partial charge in [-0.05, 0) is 31.5 Å². The number of rotatable bonds is 5. The number of nitrogens with zero attached hydrogens (tertiary/aromatic N) is 1. The predicted octanol–water partition coefficient (Wildman–Crippen LogP) is 3.09. The lowest BCUT2D eigenvalue weighted by Crippen LogP contribution is -2.20. The van der Waals surface area contributed by atoms with E-state index in [1.807, 2.05) is 38.1 Å². The number of hydrogen-bond donors (Lipinski definition) is 1. The SMILES string of the molecule is CC(C)=NNC(=O)CSCc1cccc(Cl)c1. The summed E-state index contributed by atoms with van der Waals surface area (Å²) in [5.41, 5.74) is 4.43. The van der Waals surface area contributed by atoms with Gasteiger partial charge >= 0.3 is 0 Å². The molecule has 3 nitrogen and oxygen atoms in total. The molecule has 0 aliphatic rings. The van der Waals surface area contributed by atoms with Gasteiger partial charge in [0.15, 0.2) is 0 Å². The van der Waals surface area contributed by atoms with E-state index in [4.69, 9.17) is 11.6 Å². The highest BCUT2D eigenvalue weighted by Crippen LogP contribution is 2.16. The van der Waals surface area contributed by atoms with Crippen LogP contribution in [0.15, 0.2) is 29.4 Å². The average molecular weight is 271 g/mol. The van der Waals surface area contributed by atoms with E-state index in [1.54, 1.807) is 0 Å². The molecule has 0 heterocycles. The minimum absolute atomic E-state index is 0.0850. The standard InChI is InChI=1S/C12H15ClN2OS/c1-9(2)14-15-12(16)8-17-7-10-4-3-5-11(13)6-10/h3-6H,7-8H2,1-2H3,(H,15,16). The van der Waals surface area contributed by atoms with Crippen molar-refractivity contribution in [1.82, 2.24) is 5.43 Å².